The number of hydrogen-bond acceptors (Lipinski definition) is 3. The predicted molar refractivity (Wildman–Crippen MR) is 64.5 cm³/mol. The molecule has 2 saturated heterocycles. The van der Waals surface area contributed by atoms with E-state index in [0.717, 1.165) is 19.3 Å². The molecule has 3 nitrogen and oxygen atoms in total. The van der Waals surface area contributed by atoms with Gasteiger partial charge in [-0.25, -0.2) is 0 Å². The Morgan fingerprint density at radius 2 is 1.69 bits per heavy atom. The first-order chi connectivity index (χ1) is 7.41. The largest absolute Gasteiger partial charge is 0.460 e. The summed E-state index contributed by atoms with van der Waals surface area (Å²) in [4.78, 5) is 0. The van der Waals surface area contributed by atoms with Crippen LogP contribution in [0.3, 0.4) is 0 Å². The molecule has 0 aromatic heterocycles. The molecule has 0 saturated carbocycles. The van der Waals surface area contributed by atoms with E-state index in [2.05, 4.69) is 27.7 Å². The molecule has 16 heavy (non-hydrogen) atoms. The minimum Gasteiger partial charge on any atom is -0.403 e. The zero-order chi connectivity index (χ0) is 11.8. The van der Waals surface area contributed by atoms with Crippen LogP contribution in [0.5, 0.6) is 0 Å². The summed E-state index contributed by atoms with van der Waals surface area (Å²) < 4.78 is 17.6. The van der Waals surface area contributed by atoms with Crippen LogP contribution in [0, 0.1) is 0 Å². The second kappa shape index (κ2) is 4.32. The Labute approximate surface area is 99.0 Å². The monoisotopic (exact) mass is 226 g/mol. The fourth-order valence-electron chi connectivity index (χ4n) is 2.27. The van der Waals surface area contributed by atoms with Gasteiger partial charge in [0.1, 0.15) is 0 Å². The van der Waals surface area contributed by atoms with Crippen LogP contribution in [-0.4, -0.2) is 31.0 Å². The average molecular weight is 226 g/mol. The molecule has 92 valence electrons. The SMILES string of the molecule is CC1(C)OB(CC2CCCCO2)OC1(C)C. The van der Waals surface area contributed by atoms with E-state index < -0.39 is 0 Å². The Kier molecular flexibility index (Phi) is 3.35. The van der Waals surface area contributed by atoms with Crippen LogP contribution in [0.25, 0.3) is 0 Å². The standard InChI is InChI=1S/C12H23BO3/c1-11(2)12(3,4)16-13(15-11)9-10-7-5-6-8-14-10/h10H,5-9H2,1-4H3. The van der Waals surface area contributed by atoms with Gasteiger partial charge in [0.15, 0.2) is 0 Å². The van der Waals surface area contributed by atoms with Gasteiger partial charge in [-0.2, -0.15) is 0 Å². The molecule has 2 heterocycles. The second-order valence-corrected chi connectivity index (χ2v) is 5.91. The van der Waals surface area contributed by atoms with Gasteiger partial charge in [-0.15, -0.1) is 0 Å². The van der Waals surface area contributed by atoms with E-state index in [1.54, 1.807) is 0 Å². The van der Waals surface area contributed by atoms with E-state index >= 15 is 0 Å². The zero-order valence-corrected chi connectivity index (χ0v) is 10.9. The molecule has 0 aromatic rings. The number of rotatable bonds is 2. The molecule has 0 spiro atoms. The lowest BCUT2D eigenvalue weighted by Crippen LogP contribution is -2.41. The third-order valence-corrected chi connectivity index (χ3v) is 4.03. The van der Waals surface area contributed by atoms with Crippen molar-refractivity contribution in [1.29, 1.82) is 0 Å². The van der Waals surface area contributed by atoms with Crippen molar-refractivity contribution < 1.29 is 14.0 Å². The van der Waals surface area contributed by atoms with Crippen LogP contribution in [0.2, 0.25) is 6.32 Å². The van der Waals surface area contributed by atoms with E-state index in [-0.39, 0.29) is 18.3 Å². The van der Waals surface area contributed by atoms with Crippen molar-refractivity contribution in [3.05, 3.63) is 0 Å². The lowest BCUT2D eigenvalue weighted by atomic mass is 9.80. The summed E-state index contributed by atoms with van der Waals surface area (Å²) in [5.74, 6) is 0. The molecule has 2 fully saturated rings. The molecule has 0 aromatic carbocycles. The highest BCUT2D eigenvalue weighted by atomic mass is 16.7. The lowest BCUT2D eigenvalue weighted by Gasteiger charge is -2.32. The fourth-order valence-corrected chi connectivity index (χ4v) is 2.27. The summed E-state index contributed by atoms with van der Waals surface area (Å²) in [6, 6.07) is 0. The van der Waals surface area contributed by atoms with Gasteiger partial charge in [-0.3, -0.25) is 0 Å². The Bertz CT molecular complexity index is 231. The van der Waals surface area contributed by atoms with E-state index in [9.17, 15) is 0 Å². The summed E-state index contributed by atoms with van der Waals surface area (Å²) in [5, 5.41) is 0. The lowest BCUT2D eigenvalue weighted by molar-refractivity contribution is 0.00578. The highest BCUT2D eigenvalue weighted by Crippen LogP contribution is 2.38. The van der Waals surface area contributed by atoms with E-state index in [1.165, 1.54) is 12.8 Å². The molecule has 1 atom stereocenters. The van der Waals surface area contributed by atoms with Crippen molar-refractivity contribution in [1.82, 2.24) is 0 Å². The highest BCUT2D eigenvalue weighted by molar-refractivity contribution is 6.45. The van der Waals surface area contributed by atoms with E-state index in [0.29, 0.717) is 6.10 Å². The van der Waals surface area contributed by atoms with Crippen molar-refractivity contribution in [2.75, 3.05) is 6.61 Å². The summed E-state index contributed by atoms with van der Waals surface area (Å²) in [7, 11) is -0.104. The number of hydrogen-bond donors (Lipinski definition) is 0. The summed E-state index contributed by atoms with van der Waals surface area (Å²) in [5.41, 5.74) is -0.432. The highest BCUT2D eigenvalue weighted by Gasteiger charge is 2.51. The third-order valence-electron chi connectivity index (χ3n) is 4.03. The normalized spacial score (nSPS) is 33.0. The Morgan fingerprint density at radius 3 is 2.19 bits per heavy atom. The smallest absolute Gasteiger partial charge is 0.403 e. The van der Waals surface area contributed by atoms with Gasteiger partial charge in [0, 0.05) is 12.9 Å². The Morgan fingerprint density at radius 1 is 1.06 bits per heavy atom. The van der Waals surface area contributed by atoms with Crippen molar-refractivity contribution in [2.45, 2.75) is 70.6 Å². The average Bonchev–Trinajstić information content (AvgIpc) is 2.36. The molecule has 0 aliphatic carbocycles. The van der Waals surface area contributed by atoms with Crippen LogP contribution in [0.15, 0.2) is 0 Å². The Hall–Kier alpha value is -0.0551. The van der Waals surface area contributed by atoms with Gasteiger partial charge < -0.3 is 14.0 Å². The maximum absolute atomic E-state index is 5.96. The molecule has 2 rings (SSSR count). The van der Waals surface area contributed by atoms with Crippen LogP contribution >= 0.6 is 0 Å². The minimum absolute atomic E-state index is 0.104. The molecule has 1 unspecified atom stereocenters. The van der Waals surface area contributed by atoms with Gasteiger partial charge >= 0.3 is 7.12 Å². The van der Waals surface area contributed by atoms with Crippen LogP contribution in [0.1, 0.15) is 47.0 Å². The molecule has 2 aliphatic rings. The zero-order valence-electron chi connectivity index (χ0n) is 10.9. The number of ether oxygens (including phenoxy) is 1. The second-order valence-electron chi connectivity index (χ2n) is 5.91. The first-order valence-electron chi connectivity index (χ1n) is 6.38. The van der Waals surface area contributed by atoms with Crippen molar-refractivity contribution >= 4 is 7.12 Å². The maximum atomic E-state index is 5.96. The molecule has 0 bridgehead atoms. The third kappa shape index (κ3) is 2.44. The van der Waals surface area contributed by atoms with Crippen molar-refractivity contribution in [2.24, 2.45) is 0 Å². The first-order valence-corrected chi connectivity index (χ1v) is 6.38. The maximum Gasteiger partial charge on any atom is 0.460 e. The summed E-state index contributed by atoms with van der Waals surface area (Å²) in [6.45, 7) is 9.26. The van der Waals surface area contributed by atoms with Crippen LogP contribution < -0.4 is 0 Å². The molecule has 0 radical (unpaired) electrons. The molecule has 0 N–H and O–H groups in total. The molecule has 4 heteroatoms. The van der Waals surface area contributed by atoms with Gasteiger partial charge in [-0.1, -0.05) is 0 Å². The minimum atomic E-state index is -0.216. The van der Waals surface area contributed by atoms with Gasteiger partial charge in [0.05, 0.1) is 17.3 Å². The van der Waals surface area contributed by atoms with Gasteiger partial charge in [0.2, 0.25) is 0 Å². The molecular weight excluding hydrogens is 203 g/mol. The van der Waals surface area contributed by atoms with E-state index in [4.69, 9.17) is 14.0 Å². The summed E-state index contributed by atoms with van der Waals surface area (Å²) in [6.07, 6.45) is 4.80. The van der Waals surface area contributed by atoms with Gasteiger partial charge in [-0.05, 0) is 47.0 Å². The Balaban J connectivity index is 1.88. The van der Waals surface area contributed by atoms with Crippen LogP contribution in [-0.2, 0) is 14.0 Å². The van der Waals surface area contributed by atoms with Gasteiger partial charge in [0.25, 0.3) is 0 Å². The van der Waals surface area contributed by atoms with Crippen molar-refractivity contribution in [3.8, 4) is 0 Å². The molecular formula is C12H23BO3. The quantitative estimate of drug-likeness (QED) is 0.677. The topological polar surface area (TPSA) is 27.7 Å². The first kappa shape index (κ1) is 12.4. The van der Waals surface area contributed by atoms with E-state index in [1.807, 2.05) is 0 Å². The predicted octanol–water partition coefficient (Wildman–Crippen LogP) is 2.65. The molecule has 0 amide bonds. The molecule has 2 aliphatic heterocycles. The van der Waals surface area contributed by atoms with Crippen molar-refractivity contribution in [3.63, 3.8) is 0 Å². The fraction of sp³-hybridized carbons (Fsp3) is 1.00. The summed E-state index contributed by atoms with van der Waals surface area (Å²) >= 11 is 0. The van der Waals surface area contributed by atoms with Crippen LogP contribution in [0.4, 0.5) is 0 Å².